The minimum absolute atomic E-state index is 0.363. The number of hydrogen-bond donors (Lipinski definition) is 0. The van der Waals surface area contributed by atoms with E-state index in [1.165, 1.54) is 10.7 Å². The molecule has 1 aromatic carbocycles. The normalized spacial score (nSPS) is 11.1. The summed E-state index contributed by atoms with van der Waals surface area (Å²) in [6, 6.07) is 3.53. The molecule has 0 atom stereocenters. The van der Waals surface area contributed by atoms with Gasteiger partial charge < -0.3 is 0 Å². The lowest BCUT2D eigenvalue weighted by Crippen LogP contribution is -2.04. The maximum atomic E-state index is 12.3. The molecule has 0 saturated heterocycles. The van der Waals surface area contributed by atoms with Gasteiger partial charge in [-0.25, -0.2) is 0 Å². The summed E-state index contributed by atoms with van der Waals surface area (Å²) >= 11 is 0. The van der Waals surface area contributed by atoms with Crippen LogP contribution < -0.4 is 0 Å². The van der Waals surface area contributed by atoms with Crippen molar-refractivity contribution in [2.45, 2.75) is 20.0 Å². The molecule has 0 aliphatic carbocycles. The fourth-order valence-corrected chi connectivity index (χ4v) is 1.32. The topological polar surface area (TPSA) is 17.8 Å². The van der Waals surface area contributed by atoms with E-state index in [2.05, 4.69) is 5.10 Å². The van der Waals surface area contributed by atoms with Gasteiger partial charge >= 0.3 is 6.18 Å². The molecule has 1 aromatic heterocycles. The SMILES string of the molecule is CC.Cn1cc2ccc(C(F)(F)F)cc2n1. The summed E-state index contributed by atoms with van der Waals surface area (Å²) < 4.78 is 38.4. The Morgan fingerprint density at radius 2 is 1.81 bits per heavy atom. The van der Waals surface area contributed by atoms with Crippen LogP contribution in [-0.2, 0) is 13.2 Å². The van der Waals surface area contributed by atoms with Gasteiger partial charge in [-0.15, -0.1) is 0 Å². The zero-order chi connectivity index (χ0) is 12.3. The predicted octanol–water partition coefficient (Wildman–Crippen LogP) is 3.62. The van der Waals surface area contributed by atoms with Crippen molar-refractivity contribution in [3.63, 3.8) is 0 Å². The van der Waals surface area contributed by atoms with Gasteiger partial charge in [-0.2, -0.15) is 18.3 Å². The van der Waals surface area contributed by atoms with Gasteiger partial charge in [0.1, 0.15) is 0 Å². The Morgan fingerprint density at radius 1 is 1.19 bits per heavy atom. The lowest BCUT2D eigenvalue weighted by molar-refractivity contribution is -0.137. The predicted molar refractivity (Wildman–Crippen MR) is 57.1 cm³/mol. The fourth-order valence-electron chi connectivity index (χ4n) is 1.32. The number of benzene rings is 1. The van der Waals surface area contributed by atoms with E-state index in [4.69, 9.17) is 0 Å². The highest BCUT2D eigenvalue weighted by Gasteiger charge is 2.30. The molecule has 2 rings (SSSR count). The highest BCUT2D eigenvalue weighted by atomic mass is 19.4. The lowest BCUT2D eigenvalue weighted by Gasteiger charge is -2.04. The van der Waals surface area contributed by atoms with Crippen LogP contribution in [0.5, 0.6) is 0 Å². The summed E-state index contributed by atoms with van der Waals surface area (Å²) in [5.74, 6) is 0. The third kappa shape index (κ3) is 2.53. The summed E-state index contributed by atoms with van der Waals surface area (Å²) in [5, 5.41) is 4.61. The third-order valence-corrected chi connectivity index (χ3v) is 1.95. The molecule has 0 bridgehead atoms. The Balaban J connectivity index is 0.000000606. The van der Waals surface area contributed by atoms with Gasteiger partial charge in [0.2, 0.25) is 0 Å². The first-order chi connectivity index (χ1) is 7.47. The average molecular weight is 230 g/mol. The van der Waals surface area contributed by atoms with E-state index in [1.807, 2.05) is 13.8 Å². The fraction of sp³-hybridized carbons (Fsp3) is 0.364. The van der Waals surface area contributed by atoms with Crippen LogP contribution in [0.3, 0.4) is 0 Å². The number of aromatic nitrogens is 2. The Hall–Kier alpha value is -1.52. The van der Waals surface area contributed by atoms with Crippen LogP contribution in [0, 0.1) is 0 Å². The molecule has 5 heteroatoms. The van der Waals surface area contributed by atoms with E-state index >= 15 is 0 Å². The van der Waals surface area contributed by atoms with E-state index in [0.29, 0.717) is 10.9 Å². The van der Waals surface area contributed by atoms with Crippen molar-refractivity contribution in [3.05, 3.63) is 30.0 Å². The van der Waals surface area contributed by atoms with Crippen molar-refractivity contribution >= 4 is 10.9 Å². The average Bonchev–Trinajstić information content (AvgIpc) is 2.58. The molecule has 1 heterocycles. The van der Waals surface area contributed by atoms with E-state index in [9.17, 15) is 13.2 Å². The molecule has 0 aliphatic rings. The van der Waals surface area contributed by atoms with Gasteiger partial charge in [-0.3, -0.25) is 4.68 Å². The van der Waals surface area contributed by atoms with Crippen molar-refractivity contribution in [2.75, 3.05) is 0 Å². The van der Waals surface area contributed by atoms with Gasteiger partial charge in [0.25, 0.3) is 0 Å². The first kappa shape index (κ1) is 12.5. The molecule has 0 N–H and O–H groups in total. The molecule has 88 valence electrons. The summed E-state index contributed by atoms with van der Waals surface area (Å²) in [5.41, 5.74) is -0.300. The molecule has 0 fully saturated rings. The van der Waals surface area contributed by atoms with Crippen molar-refractivity contribution in [1.82, 2.24) is 9.78 Å². The van der Waals surface area contributed by atoms with E-state index in [-0.39, 0.29) is 0 Å². The summed E-state index contributed by atoms with van der Waals surface area (Å²) in [6.07, 6.45) is -2.62. The first-order valence-corrected chi connectivity index (χ1v) is 4.97. The molecule has 0 amide bonds. The van der Waals surface area contributed by atoms with Crippen LogP contribution in [0.1, 0.15) is 19.4 Å². The largest absolute Gasteiger partial charge is 0.416 e. The van der Waals surface area contributed by atoms with Gasteiger partial charge in [0.05, 0.1) is 11.1 Å². The number of alkyl halides is 3. The summed E-state index contributed by atoms with van der Waals surface area (Å²) in [4.78, 5) is 0. The molecule has 2 aromatic rings. The number of halogens is 3. The van der Waals surface area contributed by atoms with Crippen molar-refractivity contribution in [3.8, 4) is 0 Å². The van der Waals surface area contributed by atoms with Crippen LogP contribution in [0.2, 0.25) is 0 Å². The smallest absolute Gasteiger partial charge is 0.275 e. The minimum atomic E-state index is -4.30. The van der Waals surface area contributed by atoms with Gasteiger partial charge in [0, 0.05) is 18.6 Å². The Kier molecular flexibility index (Phi) is 3.57. The van der Waals surface area contributed by atoms with E-state index in [1.54, 1.807) is 13.2 Å². The lowest BCUT2D eigenvalue weighted by atomic mass is 10.1. The third-order valence-electron chi connectivity index (χ3n) is 1.95. The quantitative estimate of drug-likeness (QED) is 0.675. The van der Waals surface area contributed by atoms with Crippen molar-refractivity contribution < 1.29 is 13.2 Å². The monoisotopic (exact) mass is 230 g/mol. The Morgan fingerprint density at radius 3 is 2.38 bits per heavy atom. The summed E-state index contributed by atoms with van der Waals surface area (Å²) in [6.45, 7) is 4.00. The molecule has 0 radical (unpaired) electrons. The number of aryl methyl sites for hydroxylation is 1. The van der Waals surface area contributed by atoms with Gasteiger partial charge in [-0.1, -0.05) is 19.9 Å². The highest BCUT2D eigenvalue weighted by molar-refractivity contribution is 5.78. The van der Waals surface area contributed by atoms with E-state index in [0.717, 1.165) is 12.1 Å². The second-order valence-corrected chi connectivity index (χ2v) is 3.07. The van der Waals surface area contributed by atoms with Crippen LogP contribution >= 0.6 is 0 Å². The zero-order valence-electron chi connectivity index (χ0n) is 9.34. The van der Waals surface area contributed by atoms with Crippen LogP contribution in [0.25, 0.3) is 10.9 Å². The summed E-state index contributed by atoms with van der Waals surface area (Å²) in [7, 11) is 1.67. The van der Waals surface area contributed by atoms with Crippen LogP contribution in [-0.4, -0.2) is 9.78 Å². The van der Waals surface area contributed by atoms with Crippen molar-refractivity contribution in [2.24, 2.45) is 7.05 Å². The first-order valence-electron chi connectivity index (χ1n) is 4.97. The minimum Gasteiger partial charge on any atom is -0.275 e. The zero-order valence-corrected chi connectivity index (χ0v) is 9.34. The molecule has 0 spiro atoms. The van der Waals surface area contributed by atoms with Gasteiger partial charge in [-0.05, 0) is 12.1 Å². The Labute approximate surface area is 91.7 Å². The number of fused-ring (bicyclic) bond motifs is 1. The Bertz CT molecular complexity index is 472. The number of nitrogens with zero attached hydrogens (tertiary/aromatic N) is 2. The molecular formula is C11H13F3N2. The van der Waals surface area contributed by atoms with Gasteiger partial charge in [0.15, 0.2) is 0 Å². The molecule has 0 aliphatic heterocycles. The second-order valence-electron chi connectivity index (χ2n) is 3.07. The molecule has 16 heavy (non-hydrogen) atoms. The van der Waals surface area contributed by atoms with Crippen LogP contribution in [0.15, 0.2) is 24.4 Å². The van der Waals surface area contributed by atoms with Crippen LogP contribution in [0.4, 0.5) is 13.2 Å². The second kappa shape index (κ2) is 4.55. The molecular weight excluding hydrogens is 217 g/mol. The molecule has 0 saturated carbocycles. The number of hydrogen-bond acceptors (Lipinski definition) is 1. The molecule has 2 nitrogen and oxygen atoms in total. The number of rotatable bonds is 0. The van der Waals surface area contributed by atoms with E-state index < -0.39 is 11.7 Å². The standard InChI is InChI=1S/C9H7F3N2.C2H6/c1-14-5-6-2-3-7(9(10,11)12)4-8(6)13-14;1-2/h2-5H,1H3;1-2H3. The van der Waals surface area contributed by atoms with Crippen molar-refractivity contribution in [1.29, 1.82) is 0 Å². The highest BCUT2D eigenvalue weighted by Crippen LogP contribution is 2.30. The maximum Gasteiger partial charge on any atom is 0.416 e. The molecule has 0 unspecified atom stereocenters. The maximum absolute atomic E-state index is 12.3.